The molecule has 3 nitrogen and oxygen atoms in total. The van der Waals surface area contributed by atoms with Crippen LogP contribution in [-0.4, -0.2) is 49.3 Å². The summed E-state index contributed by atoms with van der Waals surface area (Å²) in [5.74, 6) is 0. The van der Waals surface area contributed by atoms with Crippen molar-refractivity contribution < 1.29 is 4.74 Å². The summed E-state index contributed by atoms with van der Waals surface area (Å²) in [6.45, 7) is 8.80. The van der Waals surface area contributed by atoms with Gasteiger partial charge in [-0.15, -0.1) is 0 Å². The molecule has 82 valence electrons. The Morgan fingerprint density at radius 2 is 2.36 bits per heavy atom. The van der Waals surface area contributed by atoms with Crippen LogP contribution in [0.2, 0.25) is 0 Å². The molecule has 2 aliphatic heterocycles. The second kappa shape index (κ2) is 4.60. The van der Waals surface area contributed by atoms with Crippen molar-refractivity contribution in [3.05, 3.63) is 0 Å². The monoisotopic (exact) mass is 198 g/mol. The number of fused-ring (bicyclic) bond motifs is 1. The van der Waals surface area contributed by atoms with Gasteiger partial charge < -0.3 is 10.1 Å². The van der Waals surface area contributed by atoms with E-state index in [1.807, 2.05) is 0 Å². The quantitative estimate of drug-likeness (QED) is 0.727. The molecule has 2 heterocycles. The lowest BCUT2D eigenvalue weighted by Gasteiger charge is -2.40. The first-order chi connectivity index (χ1) is 6.83. The Hall–Kier alpha value is -0.120. The first-order valence-corrected chi connectivity index (χ1v) is 5.91. The van der Waals surface area contributed by atoms with E-state index in [1.54, 1.807) is 0 Å². The van der Waals surface area contributed by atoms with Gasteiger partial charge in [0.2, 0.25) is 0 Å². The zero-order valence-corrected chi connectivity index (χ0v) is 9.33. The van der Waals surface area contributed by atoms with E-state index in [0.29, 0.717) is 12.1 Å². The highest BCUT2D eigenvalue weighted by molar-refractivity contribution is 4.94. The molecule has 0 aromatic heterocycles. The highest BCUT2D eigenvalue weighted by atomic mass is 16.5. The van der Waals surface area contributed by atoms with Gasteiger partial charge in [-0.3, -0.25) is 4.90 Å². The maximum atomic E-state index is 5.76. The summed E-state index contributed by atoms with van der Waals surface area (Å²) >= 11 is 0. The van der Waals surface area contributed by atoms with Crippen LogP contribution < -0.4 is 5.32 Å². The van der Waals surface area contributed by atoms with E-state index in [1.165, 1.54) is 12.8 Å². The zero-order chi connectivity index (χ0) is 9.97. The summed E-state index contributed by atoms with van der Waals surface area (Å²) < 4.78 is 5.76. The highest BCUT2D eigenvalue weighted by Crippen LogP contribution is 2.21. The first-order valence-electron chi connectivity index (χ1n) is 5.91. The number of ether oxygens (including phenoxy) is 1. The van der Waals surface area contributed by atoms with Crippen LogP contribution in [0.4, 0.5) is 0 Å². The fraction of sp³-hybridized carbons (Fsp3) is 1.00. The standard InChI is InChI=1S/C11H22N2O/c1-3-4-9(2)13-5-6-14-11-8-12-7-10(11)13/h9-12H,3-8H2,1-2H3. The van der Waals surface area contributed by atoms with Crippen molar-refractivity contribution in [3.8, 4) is 0 Å². The summed E-state index contributed by atoms with van der Waals surface area (Å²) in [6.07, 6.45) is 3.04. The van der Waals surface area contributed by atoms with E-state index in [4.69, 9.17) is 4.74 Å². The van der Waals surface area contributed by atoms with E-state index in [-0.39, 0.29) is 0 Å². The second-order valence-electron chi connectivity index (χ2n) is 4.51. The van der Waals surface area contributed by atoms with Gasteiger partial charge in [0.05, 0.1) is 12.7 Å². The minimum atomic E-state index is 0.447. The van der Waals surface area contributed by atoms with Gasteiger partial charge in [-0.05, 0) is 13.3 Å². The average molecular weight is 198 g/mol. The largest absolute Gasteiger partial charge is 0.374 e. The van der Waals surface area contributed by atoms with E-state index in [0.717, 1.165) is 32.3 Å². The maximum absolute atomic E-state index is 5.76. The summed E-state index contributed by atoms with van der Waals surface area (Å²) in [6, 6.07) is 1.35. The number of nitrogens with one attached hydrogen (secondary N) is 1. The van der Waals surface area contributed by atoms with Crippen LogP contribution in [-0.2, 0) is 4.74 Å². The molecular weight excluding hydrogens is 176 g/mol. The predicted octanol–water partition coefficient (Wildman–Crippen LogP) is 0.848. The van der Waals surface area contributed by atoms with Gasteiger partial charge in [-0.2, -0.15) is 0 Å². The molecular formula is C11H22N2O. The lowest BCUT2D eigenvalue weighted by atomic mass is 10.1. The molecule has 2 saturated heterocycles. The highest BCUT2D eigenvalue weighted by Gasteiger charge is 2.37. The summed E-state index contributed by atoms with van der Waals surface area (Å²) in [7, 11) is 0. The molecule has 0 aliphatic carbocycles. The fourth-order valence-corrected chi connectivity index (χ4v) is 2.75. The molecule has 2 fully saturated rings. The molecule has 0 radical (unpaired) electrons. The Morgan fingerprint density at radius 3 is 3.14 bits per heavy atom. The van der Waals surface area contributed by atoms with Crippen LogP contribution in [0.5, 0.6) is 0 Å². The van der Waals surface area contributed by atoms with Crippen molar-refractivity contribution in [3.63, 3.8) is 0 Å². The molecule has 0 amide bonds. The molecule has 14 heavy (non-hydrogen) atoms. The zero-order valence-electron chi connectivity index (χ0n) is 9.33. The Kier molecular flexibility index (Phi) is 3.42. The molecule has 0 aromatic carbocycles. The SMILES string of the molecule is CCCC(C)N1CCOC2CNCC21. The van der Waals surface area contributed by atoms with E-state index in [9.17, 15) is 0 Å². The molecule has 0 bridgehead atoms. The van der Waals surface area contributed by atoms with Gasteiger partial charge in [-0.25, -0.2) is 0 Å². The summed E-state index contributed by atoms with van der Waals surface area (Å²) in [4.78, 5) is 2.64. The van der Waals surface area contributed by atoms with Gasteiger partial charge >= 0.3 is 0 Å². The number of hydrogen-bond acceptors (Lipinski definition) is 3. The van der Waals surface area contributed by atoms with E-state index >= 15 is 0 Å². The summed E-state index contributed by atoms with van der Waals surface area (Å²) in [5.41, 5.74) is 0. The third-order valence-corrected chi connectivity index (χ3v) is 3.51. The number of hydrogen-bond donors (Lipinski definition) is 1. The lowest BCUT2D eigenvalue weighted by Crippen LogP contribution is -2.54. The van der Waals surface area contributed by atoms with Crippen molar-refractivity contribution in [1.29, 1.82) is 0 Å². The van der Waals surface area contributed by atoms with Crippen LogP contribution in [0.1, 0.15) is 26.7 Å². The van der Waals surface area contributed by atoms with Gasteiger partial charge in [0.15, 0.2) is 0 Å². The van der Waals surface area contributed by atoms with Crippen LogP contribution in [0.25, 0.3) is 0 Å². The molecule has 2 aliphatic rings. The molecule has 3 heteroatoms. The number of morpholine rings is 1. The molecule has 1 N–H and O–H groups in total. The van der Waals surface area contributed by atoms with Crippen molar-refractivity contribution in [1.82, 2.24) is 10.2 Å². The maximum Gasteiger partial charge on any atom is 0.0867 e. The minimum Gasteiger partial charge on any atom is -0.374 e. The Bertz CT molecular complexity index is 186. The van der Waals surface area contributed by atoms with Crippen LogP contribution in [0.3, 0.4) is 0 Å². The van der Waals surface area contributed by atoms with Crippen molar-refractivity contribution >= 4 is 0 Å². The molecule has 0 spiro atoms. The molecule has 3 atom stereocenters. The van der Waals surface area contributed by atoms with E-state index in [2.05, 4.69) is 24.1 Å². The predicted molar refractivity (Wildman–Crippen MR) is 57.5 cm³/mol. The van der Waals surface area contributed by atoms with Gasteiger partial charge in [0.1, 0.15) is 0 Å². The van der Waals surface area contributed by atoms with Crippen LogP contribution in [0.15, 0.2) is 0 Å². The topological polar surface area (TPSA) is 24.5 Å². The molecule has 2 rings (SSSR count). The minimum absolute atomic E-state index is 0.447. The average Bonchev–Trinajstić information content (AvgIpc) is 2.65. The number of nitrogens with zero attached hydrogens (tertiary/aromatic N) is 1. The molecule has 0 aromatic rings. The molecule has 3 unspecified atom stereocenters. The number of rotatable bonds is 3. The Morgan fingerprint density at radius 1 is 1.50 bits per heavy atom. The molecule has 0 saturated carbocycles. The summed E-state index contributed by atoms with van der Waals surface area (Å²) in [5, 5.41) is 3.42. The third kappa shape index (κ3) is 1.95. The fourth-order valence-electron chi connectivity index (χ4n) is 2.75. The smallest absolute Gasteiger partial charge is 0.0867 e. The van der Waals surface area contributed by atoms with Crippen molar-refractivity contribution in [2.75, 3.05) is 26.2 Å². The second-order valence-corrected chi connectivity index (χ2v) is 4.51. The van der Waals surface area contributed by atoms with Crippen molar-refractivity contribution in [2.24, 2.45) is 0 Å². The normalized spacial score (nSPS) is 35.6. The lowest BCUT2D eigenvalue weighted by molar-refractivity contribution is -0.0617. The van der Waals surface area contributed by atoms with Gasteiger partial charge in [-0.1, -0.05) is 13.3 Å². The van der Waals surface area contributed by atoms with Gasteiger partial charge in [0.25, 0.3) is 0 Å². The van der Waals surface area contributed by atoms with Gasteiger partial charge in [0, 0.05) is 31.7 Å². The van der Waals surface area contributed by atoms with Crippen LogP contribution >= 0.6 is 0 Å². The Balaban J connectivity index is 1.95. The first kappa shape index (κ1) is 10.4. The Labute approximate surface area is 86.8 Å². The van der Waals surface area contributed by atoms with Crippen molar-refractivity contribution in [2.45, 2.75) is 44.9 Å². The van der Waals surface area contributed by atoms with Crippen LogP contribution in [0, 0.1) is 0 Å². The van der Waals surface area contributed by atoms with E-state index < -0.39 is 0 Å². The third-order valence-electron chi connectivity index (χ3n) is 3.51.